The van der Waals surface area contributed by atoms with Crippen molar-refractivity contribution < 1.29 is 22.7 Å². The summed E-state index contributed by atoms with van der Waals surface area (Å²) in [5, 5.41) is 0. The molecule has 166 valence electrons. The fraction of sp³-hybridized carbons (Fsp3) is 0.391. The zero-order valence-electron chi connectivity index (χ0n) is 18.1. The Labute approximate surface area is 183 Å². The first-order chi connectivity index (χ1) is 14.7. The van der Waals surface area contributed by atoms with Crippen molar-refractivity contribution in [3.8, 4) is 5.75 Å². The number of hydrogen-bond acceptors (Lipinski definition) is 5. The molecule has 0 bridgehead atoms. The maximum absolute atomic E-state index is 12.8. The molecule has 0 aliphatic carbocycles. The number of rotatable bonds is 9. The summed E-state index contributed by atoms with van der Waals surface area (Å²) in [6, 6.07) is 12.5. The van der Waals surface area contributed by atoms with Crippen molar-refractivity contribution in [1.29, 1.82) is 0 Å². The van der Waals surface area contributed by atoms with E-state index >= 15 is 0 Å². The van der Waals surface area contributed by atoms with Crippen LogP contribution < -0.4 is 14.4 Å². The Kier molecular flexibility index (Phi) is 7.12. The van der Waals surface area contributed by atoms with Gasteiger partial charge in [0, 0.05) is 19.4 Å². The van der Waals surface area contributed by atoms with Crippen LogP contribution in [0.4, 0.5) is 5.69 Å². The maximum Gasteiger partial charge on any atom is 0.240 e. The van der Waals surface area contributed by atoms with E-state index in [-0.39, 0.29) is 47.5 Å². The first-order valence-corrected chi connectivity index (χ1v) is 11.8. The summed E-state index contributed by atoms with van der Waals surface area (Å²) in [6.07, 6.45) is 1.61. The normalized spacial score (nSPS) is 14.5. The van der Waals surface area contributed by atoms with Crippen LogP contribution in [0.1, 0.15) is 50.2 Å². The lowest BCUT2D eigenvalue weighted by Crippen LogP contribution is -2.30. The second-order valence-electron chi connectivity index (χ2n) is 7.85. The van der Waals surface area contributed by atoms with Crippen molar-refractivity contribution in [2.75, 3.05) is 18.6 Å². The average molecular weight is 445 g/mol. The number of anilines is 1. The minimum Gasteiger partial charge on any atom is -0.495 e. The zero-order chi connectivity index (χ0) is 22.6. The summed E-state index contributed by atoms with van der Waals surface area (Å²) < 4.78 is 33.3. The smallest absolute Gasteiger partial charge is 0.240 e. The van der Waals surface area contributed by atoms with Gasteiger partial charge in [-0.25, -0.2) is 18.0 Å². The van der Waals surface area contributed by atoms with E-state index in [4.69, 9.17) is 4.74 Å². The minimum absolute atomic E-state index is 0.0166. The molecular weight excluding hydrogens is 416 g/mol. The molecule has 0 unspecified atom stereocenters. The van der Waals surface area contributed by atoms with Gasteiger partial charge in [0.2, 0.25) is 21.8 Å². The van der Waals surface area contributed by atoms with Gasteiger partial charge in [0.25, 0.3) is 0 Å². The van der Waals surface area contributed by atoms with Crippen LogP contribution in [0, 0.1) is 0 Å². The Morgan fingerprint density at radius 3 is 2.26 bits per heavy atom. The fourth-order valence-corrected chi connectivity index (χ4v) is 4.60. The number of nitrogens with one attached hydrogen (secondary N) is 1. The van der Waals surface area contributed by atoms with Crippen LogP contribution in [-0.2, 0) is 26.0 Å². The van der Waals surface area contributed by atoms with Gasteiger partial charge in [-0.1, -0.05) is 38.1 Å². The van der Waals surface area contributed by atoms with Crippen molar-refractivity contribution in [3.63, 3.8) is 0 Å². The molecule has 1 fully saturated rings. The standard InChI is InChI=1S/C23H28N2O5S/c1-16(2)18-8-6-17(7-9-18)5-4-14-24-31(28,29)19-10-11-21(30-3)20(15-19)25-22(26)12-13-23(25)27/h6-11,15-16,24H,4-5,12-14H2,1-3H3. The lowest BCUT2D eigenvalue weighted by atomic mass is 10.0. The molecular formula is C23H28N2O5S. The van der Waals surface area contributed by atoms with Crippen LogP contribution in [-0.4, -0.2) is 33.9 Å². The van der Waals surface area contributed by atoms with E-state index in [1.54, 1.807) is 0 Å². The molecule has 1 N–H and O–H groups in total. The molecule has 0 spiro atoms. The van der Waals surface area contributed by atoms with Crippen molar-refractivity contribution in [2.24, 2.45) is 0 Å². The van der Waals surface area contributed by atoms with Gasteiger partial charge in [0.05, 0.1) is 17.7 Å². The van der Waals surface area contributed by atoms with E-state index in [1.807, 2.05) is 0 Å². The lowest BCUT2D eigenvalue weighted by Gasteiger charge is -2.18. The van der Waals surface area contributed by atoms with E-state index in [2.05, 4.69) is 42.8 Å². The summed E-state index contributed by atoms with van der Waals surface area (Å²) in [7, 11) is -2.39. The number of methoxy groups -OCH3 is 1. The van der Waals surface area contributed by atoms with Gasteiger partial charge in [0.1, 0.15) is 5.75 Å². The summed E-state index contributed by atoms with van der Waals surface area (Å²) in [4.78, 5) is 25.2. The minimum atomic E-state index is -3.80. The number of carbonyl (C=O) groups excluding carboxylic acids is 2. The predicted octanol–water partition coefficient (Wildman–Crippen LogP) is 3.38. The highest BCUT2D eigenvalue weighted by Crippen LogP contribution is 2.34. The molecule has 0 radical (unpaired) electrons. The van der Waals surface area contributed by atoms with Crippen LogP contribution in [0.25, 0.3) is 0 Å². The largest absolute Gasteiger partial charge is 0.495 e. The molecule has 2 amide bonds. The number of carbonyl (C=O) groups is 2. The number of ether oxygens (including phenoxy) is 1. The average Bonchev–Trinajstić information content (AvgIpc) is 3.09. The molecule has 2 aromatic rings. The van der Waals surface area contributed by atoms with Crippen molar-refractivity contribution in [1.82, 2.24) is 4.72 Å². The molecule has 3 rings (SSSR count). The second kappa shape index (κ2) is 9.62. The predicted molar refractivity (Wildman–Crippen MR) is 119 cm³/mol. The maximum atomic E-state index is 12.8. The van der Waals surface area contributed by atoms with E-state index in [0.29, 0.717) is 12.3 Å². The monoisotopic (exact) mass is 444 g/mol. The molecule has 0 aromatic heterocycles. The van der Waals surface area contributed by atoms with E-state index in [0.717, 1.165) is 16.9 Å². The Hall–Kier alpha value is -2.71. The Morgan fingerprint density at radius 2 is 1.68 bits per heavy atom. The third-order valence-corrected chi connectivity index (χ3v) is 6.79. The molecule has 1 heterocycles. The molecule has 0 saturated carbocycles. The molecule has 1 aliphatic rings. The van der Waals surface area contributed by atoms with E-state index < -0.39 is 10.0 Å². The molecule has 31 heavy (non-hydrogen) atoms. The lowest BCUT2D eigenvalue weighted by molar-refractivity contribution is -0.121. The van der Waals surface area contributed by atoms with E-state index in [9.17, 15) is 18.0 Å². The zero-order valence-corrected chi connectivity index (χ0v) is 18.9. The Balaban J connectivity index is 1.66. The number of nitrogens with zero attached hydrogens (tertiary/aromatic N) is 1. The van der Waals surface area contributed by atoms with Gasteiger partial charge in [-0.3, -0.25) is 9.59 Å². The van der Waals surface area contributed by atoms with Crippen molar-refractivity contribution >= 4 is 27.5 Å². The number of imide groups is 1. The van der Waals surface area contributed by atoms with Gasteiger partial charge in [-0.15, -0.1) is 0 Å². The van der Waals surface area contributed by atoms with Crippen LogP contribution in [0.2, 0.25) is 0 Å². The Morgan fingerprint density at radius 1 is 1.03 bits per heavy atom. The number of hydrogen-bond donors (Lipinski definition) is 1. The van der Waals surface area contributed by atoms with Crippen LogP contribution in [0.3, 0.4) is 0 Å². The fourth-order valence-electron chi connectivity index (χ4n) is 3.51. The third kappa shape index (κ3) is 5.32. The topological polar surface area (TPSA) is 92.8 Å². The number of benzene rings is 2. The first kappa shape index (κ1) is 23.0. The number of amides is 2. The molecule has 2 aromatic carbocycles. The quantitative estimate of drug-likeness (QED) is 0.473. The van der Waals surface area contributed by atoms with Crippen molar-refractivity contribution in [3.05, 3.63) is 53.6 Å². The van der Waals surface area contributed by atoms with Gasteiger partial charge >= 0.3 is 0 Å². The second-order valence-corrected chi connectivity index (χ2v) is 9.62. The Bertz CT molecular complexity index is 1050. The van der Waals surface area contributed by atoms with E-state index in [1.165, 1.54) is 30.9 Å². The molecule has 8 heteroatoms. The molecule has 1 saturated heterocycles. The SMILES string of the molecule is COc1ccc(S(=O)(=O)NCCCc2ccc(C(C)C)cc2)cc1N1C(=O)CCC1=O. The molecule has 7 nitrogen and oxygen atoms in total. The highest BCUT2D eigenvalue weighted by Gasteiger charge is 2.33. The first-order valence-electron chi connectivity index (χ1n) is 10.4. The summed E-state index contributed by atoms with van der Waals surface area (Å²) >= 11 is 0. The molecule has 0 atom stereocenters. The van der Waals surface area contributed by atoms with Crippen LogP contribution >= 0.6 is 0 Å². The van der Waals surface area contributed by atoms with Crippen LogP contribution in [0.5, 0.6) is 5.75 Å². The summed E-state index contributed by atoms with van der Waals surface area (Å²) in [5.41, 5.74) is 2.58. The van der Waals surface area contributed by atoms with Crippen molar-refractivity contribution in [2.45, 2.75) is 50.3 Å². The van der Waals surface area contributed by atoms with Gasteiger partial charge in [-0.05, 0) is 48.1 Å². The van der Waals surface area contributed by atoms with Gasteiger partial charge < -0.3 is 4.74 Å². The summed E-state index contributed by atoms with van der Waals surface area (Å²) in [6.45, 7) is 4.56. The summed E-state index contributed by atoms with van der Waals surface area (Å²) in [5.74, 6) is 0.0115. The highest BCUT2D eigenvalue weighted by atomic mass is 32.2. The highest BCUT2D eigenvalue weighted by molar-refractivity contribution is 7.89. The number of sulfonamides is 1. The van der Waals surface area contributed by atoms with Gasteiger partial charge in [0.15, 0.2) is 0 Å². The molecule has 1 aliphatic heterocycles. The third-order valence-electron chi connectivity index (χ3n) is 5.33. The van der Waals surface area contributed by atoms with Gasteiger partial charge in [-0.2, -0.15) is 0 Å². The number of aryl methyl sites for hydroxylation is 1. The van der Waals surface area contributed by atoms with Crippen LogP contribution in [0.15, 0.2) is 47.4 Å².